The Morgan fingerprint density at radius 1 is 1.30 bits per heavy atom. The van der Waals surface area contributed by atoms with E-state index in [0.717, 1.165) is 32.0 Å². The minimum atomic E-state index is -0.352. The third-order valence-corrected chi connectivity index (χ3v) is 5.48. The first-order valence-corrected chi connectivity index (χ1v) is 9.32. The highest BCUT2D eigenvalue weighted by atomic mass is 16.7. The topological polar surface area (TPSA) is 65.6 Å². The molecule has 3 atom stereocenters. The van der Waals surface area contributed by atoms with E-state index in [9.17, 15) is 4.79 Å². The molecule has 23 heavy (non-hydrogen) atoms. The van der Waals surface area contributed by atoms with Crippen molar-refractivity contribution in [2.45, 2.75) is 70.6 Å². The van der Waals surface area contributed by atoms with E-state index in [1.165, 1.54) is 32.1 Å². The zero-order valence-electron chi connectivity index (χ0n) is 14.5. The van der Waals surface area contributed by atoms with Crippen LogP contribution in [-0.4, -0.2) is 48.7 Å². The summed E-state index contributed by atoms with van der Waals surface area (Å²) in [4.78, 5) is 17.8. The summed E-state index contributed by atoms with van der Waals surface area (Å²) < 4.78 is 0. The molecule has 3 aliphatic rings. The molecule has 3 unspecified atom stereocenters. The van der Waals surface area contributed by atoms with Crippen LogP contribution in [-0.2, 0) is 9.63 Å². The van der Waals surface area contributed by atoms with E-state index >= 15 is 0 Å². The van der Waals surface area contributed by atoms with Crippen molar-refractivity contribution >= 4 is 5.91 Å². The average molecular weight is 324 g/mol. The van der Waals surface area contributed by atoms with Gasteiger partial charge in [0.05, 0.1) is 6.04 Å². The van der Waals surface area contributed by atoms with Crippen LogP contribution in [0.1, 0.15) is 52.4 Å². The molecule has 0 aromatic carbocycles. The van der Waals surface area contributed by atoms with Gasteiger partial charge in [-0.3, -0.25) is 15.1 Å². The average Bonchev–Trinajstić information content (AvgIpc) is 3.18. The molecule has 1 saturated carbocycles. The lowest BCUT2D eigenvalue weighted by Gasteiger charge is -2.26. The first-order valence-electron chi connectivity index (χ1n) is 9.32. The summed E-state index contributed by atoms with van der Waals surface area (Å²) in [6, 6.07) is 0.461. The van der Waals surface area contributed by atoms with Gasteiger partial charge >= 0.3 is 0 Å². The highest BCUT2D eigenvalue weighted by Crippen LogP contribution is 2.24. The normalized spacial score (nSPS) is 33.4. The quantitative estimate of drug-likeness (QED) is 0.709. The predicted molar refractivity (Wildman–Crippen MR) is 89.3 cm³/mol. The summed E-state index contributed by atoms with van der Waals surface area (Å²) in [6.45, 7) is 7.13. The lowest BCUT2D eigenvalue weighted by molar-refractivity contribution is -0.133. The highest BCUT2D eigenvalue weighted by Gasteiger charge is 2.34. The Balaban J connectivity index is 1.38. The van der Waals surface area contributed by atoms with Gasteiger partial charge in [-0.25, -0.2) is 5.01 Å². The number of nitrogens with one attached hydrogen (secondary N) is 3. The van der Waals surface area contributed by atoms with E-state index in [1.54, 1.807) is 0 Å². The molecular formula is C17H32N4O2. The molecule has 0 bridgehead atoms. The smallest absolute Gasteiger partial charge is 0.251 e. The van der Waals surface area contributed by atoms with Crippen LogP contribution >= 0.6 is 0 Å². The van der Waals surface area contributed by atoms with Crippen LogP contribution < -0.4 is 16.2 Å². The van der Waals surface area contributed by atoms with Crippen molar-refractivity contribution in [1.29, 1.82) is 0 Å². The molecule has 6 nitrogen and oxygen atoms in total. The van der Waals surface area contributed by atoms with Crippen molar-refractivity contribution in [1.82, 2.24) is 21.2 Å². The van der Waals surface area contributed by atoms with Gasteiger partial charge in [0.2, 0.25) is 0 Å². The van der Waals surface area contributed by atoms with Crippen LogP contribution in [0.5, 0.6) is 0 Å². The molecule has 0 aromatic rings. The number of rotatable bonds is 5. The Morgan fingerprint density at radius 2 is 2.09 bits per heavy atom. The number of carbonyl (C=O) groups excluding carboxylic acids is 1. The van der Waals surface area contributed by atoms with Gasteiger partial charge < -0.3 is 5.32 Å². The van der Waals surface area contributed by atoms with Gasteiger partial charge in [-0.2, -0.15) is 5.48 Å². The lowest BCUT2D eigenvalue weighted by atomic mass is 9.89. The summed E-state index contributed by atoms with van der Waals surface area (Å²) in [5.74, 6) is 1.32. The van der Waals surface area contributed by atoms with Gasteiger partial charge in [0.15, 0.2) is 6.10 Å². The molecule has 1 amide bonds. The molecule has 2 aliphatic heterocycles. The molecule has 1 aliphatic carbocycles. The van der Waals surface area contributed by atoms with Gasteiger partial charge in [-0.15, -0.1) is 0 Å². The fraction of sp³-hybridized carbons (Fsp3) is 0.941. The monoisotopic (exact) mass is 324 g/mol. The number of carbonyl (C=O) groups is 1. The number of hydrogen-bond acceptors (Lipinski definition) is 5. The standard InChI is InChI=1S/C17H32N4O2/c1-12(2)15-8-16(23-20-15)17(22)19-14-9-18-21(11-14)10-13-6-4-3-5-7-13/h12-16,18,20H,3-11H2,1-2H3,(H,19,22). The van der Waals surface area contributed by atoms with Gasteiger partial charge in [-0.05, 0) is 24.7 Å². The van der Waals surface area contributed by atoms with Crippen molar-refractivity contribution < 1.29 is 9.63 Å². The summed E-state index contributed by atoms with van der Waals surface area (Å²) in [6.07, 6.45) is 7.27. The van der Waals surface area contributed by atoms with Crippen LogP contribution in [0, 0.1) is 11.8 Å². The number of hydrazine groups is 1. The zero-order chi connectivity index (χ0) is 16.2. The van der Waals surface area contributed by atoms with Crippen LogP contribution in [0.15, 0.2) is 0 Å². The summed E-state index contributed by atoms with van der Waals surface area (Å²) in [5.41, 5.74) is 6.43. The van der Waals surface area contributed by atoms with Gasteiger partial charge in [0.25, 0.3) is 5.91 Å². The first kappa shape index (κ1) is 17.1. The van der Waals surface area contributed by atoms with Crippen LogP contribution in [0.25, 0.3) is 0 Å². The molecule has 2 heterocycles. The van der Waals surface area contributed by atoms with E-state index in [1.807, 2.05) is 0 Å². The largest absolute Gasteiger partial charge is 0.348 e. The fourth-order valence-electron chi connectivity index (χ4n) is 3.91. The Morgan fingerprint density at radius 3 is 2.78 bits per heavy atom. The molecule has 6 heteroatoms. The molecule has 3 fully saturated rings. The number of nitrogens with zero attached hydrogens (tertiary/aromatic N) is 1. The number of hydroxylamine groups is 1. The fourth-order valence-corrected chi connectivity index (χ4v) is 3.91. The maximum Gasteiger partial charge on any atom is 0.251 e. The van der Waals surface area contributed by atoms with E-state index in [2.05, 4.69) is 35.1 Å². The molecule has 0 spiro atoms. The Kier molecular flexibility index (Phi) is 5.91. The van der Waals surface area contributed by atoms with Gasteiger partial charge in [-0.1, -0.05) is 33.1 Å². The van der Waals surface area contributed by atoms with Crippen LogP contribution in [0.4, 0.5) is 0 Å². The Bertz CT molecular complexity index is 398. The second kappa shape index (κ2) is 7.92. The second-order valence-corrected chi connectivity index (χ2v) is 7.79. The Hall–Kier alpha value is -0.690. The third-order valence-electron chi connectivity index (χ3n) is 5.48. The van der Waals surface area contributed by atoms with Gasteiger partial charge in [0, 0.05) is 32.1 Å². The molecular weight excluding hydrogens is 292 g/mol. The van der Waals surface area contributed by atoms with Gasteiger partial charge in [0.1, 0.15) is 0 Å². The lowest BCUT2D eigenvalue weighted by Crippen LogP contribution is -2.44. The third kappa shape index (κ3) is 4.66. The highest BCUT2D eigenvalue weighted by molar-refractivity contribution is 5.81. The number of hydrogen-bond donors (Lipinski definition) is 3. The van der Waals surface area contributed by atoms with E-state index < -0.39 is 0 Å². The van der Waals surface area contributed by atoms with Crippen molar-refractivity contribution in [2.75, 3.05) is 19.6 Å². The molecule has 0 aromatic heterocycles. The summed E-state index contributed by atoms with van der Waals surface area (Å²) >= 11 is 0. The SMILES string of the molecule is CC(C)C1CC(C(=O)NC2CNN(CC3CCCCC3)C2)ON1. The van der Waals surface area contributed by atoms with E-state index in [0.29, 0.717) is 5.92 Å². The van der Waals surface area contributed by atoms with Crippen molar-refractivity contribution in [3.63, 3.8) is 0 Å². The molecule has 2 saturated heterocycles. The van der Waals surface area contributed by atoms with Crippen molar-refractivity contribution in [3.8, 4) is 0 Å². The maximum atomic E-state index is 12.3. The predicted octanol–water partition coefficient (Wildman–Crippen LogP) is 1.19. The Labute approximate surface area is 139 Å². The molecule has 132 valence electrons. The summed E-state index contributed by atoms with van der Waals surface area (Å²) in [5, 5.41) is 5.44. The minimum Gasteiger partial charge on any atom is -0.348 e. The van der Waals surface area contributed by atoms with E-state index in [-0.39, 0.29) is 24.1 Å². The molecule has 3 N–H and O–H groups in total. The number of amides is 1. The summed E-state index contributed by atoms with van der Waals surface area (Å²) in [7, 11) is 0. The van der Waals surface area contributed by atoms with Crippen molar-refractivity contribution in [3.05, 3.63) is 0 Å². The van der Waals surface area contributed by atoms with Crippen molar-refractivity contribution in [2.24, 2.45) is 11.8 Å². The second-order valence-electron chi connectivity index (χ2n) is 7.79. The molecule has 0 radical (unpaired) electrons. The van der Waals surface area contributed by atoms with Crippen LogP contribution in [0.3, 0.4) is 0 Å². The maximum absolute atomic E-state index is 12.3. The minimum absolute atomic E-state index is 0.0203. The van der Waals surface area contributed by atoms with E-state index in [4.69, 9.17) is 4.84 Å². The zero-order valence-corrected chi connectivity index (χ0v) is 14.5. The first-order chi connectivity index (χ1) is 11.1. The van der Waals surface area contributed by atoms with Crippen LogP contribution in [0.2, 0.25) is 0 Å². The molecule has 3 rings (SSSR count).